The normalized spacial score (nSPS) is 17.9. The lowest BCUT2D eigenvalue weighted by molar-refractivity contribution is -0.512. The van der Waals surface area contributed by atoms with Crippen molar-refractivity contribution >= 4 is 23.0 Å². The van der Waals surface area contributed by atoms with Crippen molar-refractivity contribution in [2.45, 2.75) is 47.2 Å². The first-order valence-electron chi connectivity index (χ1n) is 10.7. The van der Waals surface area contributed by atoms with Crippen LogP contribution in [0.15, 0.2) is 36.4 Å². The summed E-state index contributed by atoms with van der Waals surface area (Å²) in [6, 6.07) is 13.3. The Balaban J connectivity index is 2.04. The third-order valence-corrected chi connectivity index (χ3v) is 6.47. The Kier molecular flexibility index (Phi) is 4.97. The van der Waals surface area contributed by atoms with E-state index < -0.39 is 0 Å². The molecule has 4 nitrogen and oxygen atoms in total. The van der Waals surface area contributed by atoms with Crippen LogP contribution in [-0.2, 0) is 0 Å². The summed E-state index contributed by atoms with van der Waals surface area (Å²) >= 11 is 0. The third-order valence-electron chi connectivity index (χ3n) is 6.47. The van der Waals surface area contributed by atoms with E-state index in [1.807, 2.05) is 0 Å². The molecule has 1 saturated heterocycles. The van der Waals surface area contributed by atoms with Gasteiger partial charge in [-0.25, -0.2) is 0 Å². The molecular weight excluding hydrogens is 356 g/mol. The maximum Gasteiger partial charge on any atom is 0.371 e. The molecule has 2 aromatic rings. The molecule has 0 bridgehead atoms. The van der Waals surface area contributed by atoms with Crippen molar-refractivity contribution in [3.05, 3.63) is 58.7 Å². The molecule has 152 valence electrons. The van der Waals surface area contributed by atoms with E-state index in [0.29, 0.717) is 0 Å². The van der Waals surface area contributed by atoms with Gasteiger partial charge in [-0.2, -0.15) is 9.80 Å². The highest BCUT2D eigenvalue weighted by molar-refractivity contribution is 6.49. The molecule has 0 unspecified atom stereocenters. The standard InChI is InChI=1S/C25H34N4/c1-17-11-8-12-18(2)22(17)28-21(5)29(23-19(3)13-9-14-20(23)4)25-24(28)26(6)15-10-16-27(25)7/h8-9,11-14,21H,10,15-16H2,1-7H3/q+2. The van der Waals surface area contributed by atoms with Gasteiger partial charge in [-0.05, 0) is 49.9 Å². The SMILES string of the molecule is Cc1cccc(C)c1N1C2=[N+](C)CCC[N+](C)=C2N(c2c(C)cccc2C)C1C. The van der Waals surface area contributed by atoms with Crippen LogP contribution in [0.2, 0.25) is 0 Å². The van der Waals surface area contributed by atoms with Crippen molar-refractivity contribution in [1.29, 1.82) is 0 Å². The molecule has 2 heterocycles. The minimum Gasteiger partial charge on any atom is -0.257 e. The molecule has 0 amide bonds. The van der Waals surface area contributed by atoms with Crippen LogP contribution in [-0.4, -0.2) is 54.2 Å². The van der Waals surface area contributed by atoms with E-state index in [2.05, 4.69) is 104 Å². The number of para-hydroxylation sites is 2. The molecule has 0 radical (unpaired) electrons. The maximum absolute atomic E-state index is 2.56. The van der Waals surface area contributed by atoms with Gasteiger partial charge in [0, 0.05) is 13.3 Å². The van der Waals surface area contributed by atoms with Gasteiger partial charge in [0.2, 0.25) is 6.17 Å². The zero-order chi connectivity index (χ0) is 20.9. The first kappa shape index (κ1) is 19.7. The Bertz CT molecular complexity index is 909. The highest BCUT2D eigenvalue weighted by Crippen LogP contribution is 2.37. The van der Waals surface area contributed by atoms with E-state index in [1.165, 1.54) is 45.3 Å². The molecule has 4 heteroatoms. The summed E-state index contributed by atoms with van der Waals surface area (Å²) in [5.74, 6) is 2.63. The zero-order valence-electron chi connectivity index (χ0n) is 19.0. The van der Waals surface area contributed by atoms with Gasteiger partial charge in [0.15, 0.2) is 0 Å². The Morgan fingerprint density at radius 3 is 1.38 bits per heavy atom. The molecule has 1 fully saturated rings. The van der Waals surface area contributed by atoms with E-state index in [9.17, 15) is 0 Å². The average Bonchev–Trinajstić information content (AvgIpc) is 2.86. The van der Waals surface area contributed by atoms with Crippen LogP contribution in [0.3, 0.4) is 0 Å². The van der Waals surface area contributed by atoms with Gasteiger partial charge in [0.1, 0.15) is 11.4 Å². The second-order valence-corrected chi connectivity index (χ2v) is 8.70. The van der Waals surface area contributed by atoms with E-state index >= 15 is 0 Å². The third kappa shape index (κ3) is 3.06. The molecule has 0 aliphatic carbocycles. The predicted octanol–water partition coefficient (Wildman–Crippen LogP) is 4.08. The average molecular weight is 391 g/mol. The number of hydrogen-bond donors (Lipinski definition) is 0. The smallest absolute Gasteiger partial charge is 0.257 e. The highest BCUT2D eigenvalue weighted by atomic mass is 15.5. The number of nitrogens with zero attached hydrogens (tertiary/aromatic N) is 4. The van der Waals surface area contributed by atoms with Crippen LogP contribution >= 0.6 is 0 Å². The van der Waals surface area contributed by atoms with Gasteiger partial charge in [-0.15, -0.1) is 0 Å². The molecule has 0 aromatic heterocycles. The zero-order valence-corrected chi connectivity index (χ0v) is 19.0. The van der Waals surface area contributed by atoms with E-state index in [4.69, 9.17) is 0 Å². The summed E-state index contributed by atoms with van der Waals surface area (Å²) in [7, 11) is 4.49. The Hall–Kier alpha value is -2.62. The number of rotatable bonds is 2. The second kappa shape index (κ2) is 7.33. The molecule has 0 N–H and O–H groups in total. The fraction of sp³-hybridized carbons (Fsp3) is 0.440. The lowest BCUT2D eigenvalue weighted by atomic mass is 10.1. The number of benzene rings is 2. The molecule has 0 spiro atoms. The van der Waals surface area contributed by atoms with Gasteiger partial charge >= 0.3 is 11.7 Å². The van der Waals surface area contributed by atoms with Gasteiger partial charge in [-0.3, -0.25) is 9.15 Å². The van der Waals surface area contributed by atoms with Crippen LogP contribution in [0, 0.1) is 27.7 Å². The molecule has 0 atom stereocenters. The minimum absolute atomic E-state index is 0.197. The summed E-state index contributed by atoms with van der Waals surface area (Å²) in [4.78, 5) is 5.13. The second-order valence-electron chi connectivity index (χ2n) is 8.70. The molecular formula is C25H34N4+2. The lowest BCUT2D eigenvalue weighted by Gasteiger charge is -2.23. The van der Waals surface area contributed by atoms with Crippen LogP contribution < -0.4 is 9.80 Å². The van der Waals surface area contributed by atoms with Crippen molar-refractivity contribution in [2.75, 3.05) is 37.0 Å². The molecule has 29 heavy (non-hydrogen) atoms. The monoisotopic (exact) mass is 390 g/mol. The highest BCUT2D eigenvalue weighted by Gasteiger charge is 2.57. The molecule has 2 aromatic carbocycles. The summed E-state index contributed by atoms with van der Waals surface area (Å²) in [6.07, 6.45) is 1.36. The summed E-state index contributed by atoms with van der Waals surface area (Å²) in [5, 5.41) is 0. The van der Waals surface area contributed by atoms with Crippen molar-refractivity contribution in [1.82, 2.24) is 0 Å². The molecule has 0 saturated carbocycles. The quantitative estimate of drug-likeness (QED) is 0.717. The van der Waals surface area contributed by atoms with Gasteiger partial charge in [-0.1, -0.05) is 36.4 Å². The largest absolute Gasteiger partial charge is 0.371 e. The Labute approximate surface area is 175 Å². The van der Waals surface area contributed by atoms with Crippen LogP contribution in [0.1, 0.15) is 35.6 Å². The van der Waals surface area contributed by atoms with E-state index in [-0.39, 0.29) is 6.17 Å². The van der Waals surface area contributed by atoms with Crippen molar-refractivity contribution in [3.8, 4) is 0 Å². The number of amidine groups is 2. The van der Waals surface area contributed by atoms with Gasteiger partial charge in [0.05, 0.1) is 27.2 Å². The maximum atomic E-state index is 2.56. The van der Waals surface area contributed by atoms with Crippen molar-refractivity contribution in [3.63, 3.8) is 0 Å². The fourth-order valence-corrected chi connectivity index (χ4v) is 5.11. The van der Waals surface area contributed by atoms with Crippen molar-refractivity contribution < 1.29 is 9.15 Å². The Morgan fingerprint density at radius 1 is 0.690 bits per heavy atom. The summed E-state index contributed by atoms with van der Waals surface area (Å²) in [5.41, 5.74) is 7.98. The number of fused-ring (bicyclic) bond motifs is 1. The van der Waals surface area contributed by atoms with Gasteiger partial charge in [0.25, 0.3) is 0 Å². The van der Waals surface area contributed by atoms with Crippen molar-refractivity contribution in [2.24, 2.45) is 0 Å². The van der Waals surface area contributed by atoms with Crippen LogP contribution in [0.4, 0.5) is 11.4 Å². The van der Waals surface area contributed by atoms with Gasteiger partial charge < -0.3 is 0 Å². The molecule has 2 aliphatic rings. The molecule has 2 aliphatic heterocycles. The van der Waals surface area contributed by atoms with E-state index in [0.717, 1.165) is 19.5 Å². The topological polar surface area (TPSA) is 12.5 Å². The summed E-state index contributed by atoms with van der Waals surface area (Å²) in [6.45, 7) is 13.4. The van der Waals surface area contributed by atoms with Crippen LogP contribution in [0.5, 0.6) is 0 Å². The fourth-order valence-electron chi connectivity index (χ4n) is 5.11. The van der Waals surface area contributed by atoms with E-state index in [1.54, 1.807) is 0 Å². The number of hydrogen-bond acceptors (Lipinski definition) is 2. The minimum atomic E-state index is 0.197. The van der Waals surface area contributed by atoms with Crippen LogP contribution in [0.25, 0.3) is 0 Å². The molecule has 4 rings (SSSR count). The number of aryl methyl sites for hydroxylation is 4. The Morgan fingerprint density at radius 2 is 1.03 bits per heavy atom. The first-order valence-corrected chi connectivity index (χ1v) is 10.7. The first-order chi connectivity index (χ1) is 13.8. The number of anilines is 2. The lowest BCUT2D eigenvalue weighted by Crippen LogP contribution is -2.41. The summed E-state index contributed by atoms with van der Waals surface area (Å²) < 4.78 is 4.91. The predicted molar refractivity (Wildman–Crippen MR) is 123 cm³/mol.